The molecule has 1 amide bonds. The van der Waals surface area contributed by atoms with Crippen LogP contribution < -0.4 is 10.0 Å². The summed E-state index contributed by atoms with van der Waals surface area (Å²) in [6.07, 6.45) is 4.05. The average molecular weight is 366 g/mol. The van der Waals surface area contributed by atoms with Crippen molar-refractivity contribution < 1.29 is 17.9 Å². The van der Waals surface area contributed by atoms with Crippen LogP contribution in [-0.4, -0.2) is 44.4 Å². The van der Waals surface area contributed by atoms with Crippen molar-refractivity contribution in [3.8, 4) is 0 Å². The fraction of sp³-hybridized carbons (Fsp3) is 0.375. The molecule has 0 saturated carbocycles. The summed E-state index contributed by atoms with van der Waals surface area (Å²) in [5.74, 6) is -0.247. The molecular formula is C16H22N4O4S. The molecule has 2 rings (SSSR count). The Labute approximate surface area is 147 Å². The van der Waals surface area contributed by atoms with E-state index in [1.165, 1.54) is 24.3 Å². The molecule has 25 heavy (non-hydrogen) atoms. The number of aryl methyl sites for hydroxylation is 1. The quantitative estimate of drug-likeness (QED) is 0.635. The molecule has 2 N–H and O–H groups in total. The van der Waals surface area contributed by atoms with Gasteiger partial charge in [-0.1, -0.05) is 0 Å². The molecule has 0 radical (unpaired) electrons. The Kier molecular flexibility index (Phi) is 6.68. The lowest BCUT2D eigenvalue weighted by Gasteiger charge is -2.08. The van der Waals surface area contributed by atoms with Crippen molar-refractivity contribution in [3.63, 3.8) is 0 Å². The summed E-state index contributed by atoms with van der Waals surface area (Å²) in [6, 6.07) is 5.81. The van der Waals surface area contributed by atoms with Crippen molar-refractivity contribution in [3.05, 3.63) is 47.8 Å². The molecule has 9 heteroatoms. The molecule has 0 fully saturated rings. The van der Waals surface area contributed by atoms with E-state index in [-0.39, 0.29) is 17.3 Å². The minimum atomic E-state index is -3.65. The maximum Gasteiger partial charge on any atom is 0.251 e. The van der Waals surface area contributed by atoms with E-state index in [4.69, 9.17) is 4.74 Å². The molecule has 1 aromatic heterocycles. The smallest absolute Gasteiger partial charge is 0.251 e. The number of sulfonamides is 1. The number of benzene rings is 1. The van der Waals surface area contributed by atoms with Crippen LogP contribution in [0.25, 0.3) is 0 Å². The number of hydrogen-bond acceptors (Lipinski definition) is 5. The minimum absolute atomic E-state index is 0.104. The van der Waals surface area contributed by atoms with Crippen molar-refractivity contribution in [2.75, 3.05) is 20.3 Å². The summed E-state index contributed by atoms with van der Waals surface area (Å²) in [7, 11) is -0.290. The van der Waals surface area contributed by atoms with Crippen LogP contribution in [0.4, 0.5) is 0 Å². The highest BCUT2D eigenvalue weighted by Gasteiger charge is 2.15. The van der Waals surface area contributed by atoms with E-state index in [9.17, 15) is 13.2 Å². The number of methoxy groups -OCH3 is 1. The summed E-state index contributed by atoms with van der Waals surface area (Å²) < 4.78 is 33.6. The molecule has 136 valence electrons. The highest BCUT2D eigenvalue weighted by Crippen LogP contribution is 2.11. The van der Waals surface area contributed by atoms with Gasteiger partial charge in [0.2, 0.25) is 10.0 Å². The second kappa shape index (κ2) is 8.75. The number of carbonyl (C=O) groups is 1. The Balaban J connectivity index is 1.94. The van der Waals surface area contributed by atoms with Gasteiger partial charge < -0.3 is 10.1 Å². The number of hydrogen-bond donors (Lipinski definition) is 2. The van der Waals surface area contributed by atoms with Crippen LogP contribution in [0.3, 0.4) is 0 Å². The zero-order chi connectivity index (χ0) is 18.3. The third kappa shape index (κ3) is 5.66. The van der Waals surface area contributed by atoms with E-state index in [0.717, 1.165) is 5.56 Å². The molecule has 8 nitrogen and oxygen atoms in total. The number of ether oxygens (including phenoxy) is 1. The third-order valence-electron chi connectivity index (χ3n) is 3.46. The molecule has 0 aliphatic rings. The first-order valence-electron chi connectivity index (χ1n) is 7.77. The fourth-order valence-corrected chi connectivity index (χ4v) is 3.15. The van der Waals surface area contributed by atoms with Crippen molar-refractivity contribution in [2.45, 2.75) is 17.9 Å². The summed E-state index contributed by atoms with van der Waals surface area (Å²) in [6.45, 7) is 1.22. The third-order valence-corrected chi connectivity index (χ3v) is 4.88. The molecule has 0 bridgehead atoms. The zero-order valence-electron chi connectivity index (χ0n) is 14.2. The standard InChI is InChI=1S/C16H22N4O4S/c1-20-12-13(10-18-20)11-19-25(22,23)15-6-4-14(5-7-15)16(21)17-8-3-9-24-2/h4-7,10,12,19H,3,8-9,11H2,1-2H3,(H,17,21). The van der Waals surface area contributed by atoms with Gasteiger partial charge in [0.25, 0.3) is 5.91 Å². The number of amides is 1. The summed E-state index contributed by atoms with van der Waals surface area (Å²) in [5.41, 5.74) is 1.17. The first-order valence-corrected chi connectivity index (χ1v) is 9.25. The molecular weight excluding hydrogens is 344 g/mol. The molecule has 2 aromatic rings. The predicted octanol–water partition coefficient (Wildman–Crippen LogP) is 0.665. The van der Waals surface area contributed by atoms with E-state index in [1.807, 2.05) is 0 Å². The lowest BCUT2D eigenvalue weighted by molar-refractivity contribution is 0.0948. The molecule has 0 unspecified atom stereocenters. The summed E-state index contributed by atoms with van der Waals surface area (Å²) >= 11 is 0. The first kappa shape index (κ1) is 19.1. The SMILES string of the molecule is COCCCNC(=O)c1ccc(S(=O)(=O)NCc2cnn(C)c2)cc1. The van der Waals surface area contributed by atoms with Gasteiger partial charge in [-0.2, -0.15) is 5.10 Å². The minimum Gasteiger partial charge on any atom is -0.385 e. The predicted molar refractivity (Wildman–Crippen MR) is 92.5 cm³/mol. The van der Waals surface area contributed by atoms with Gasteiger partial charge in [0, 0.05) is 51.2 Å². The van der Waals surface area contributed by atoms with Crippen molar-refractivity contribution >= 4 is 15.9 Å². The van der Waals surface area contributed by atoms with E-state index < -0.39 is 10.0 Å². The van der Waals surface area contributed by atoms with Gasteiger partial charge >= 0.3 is 0 Å². The molecule has 0 saturated heterocycles. The largest absolute Gasteiger partial charge is 0.385 e. The maximum absolute atomic E-state index is 12.3. The lowest BCUT2D eigenvalue weighted by atomic mass is 10.2. The second-order valence-corrected chi connectivity index (χ2v) is 7.24. The molecule has 0 aliphatic heterocycles. The van der Waals surface area contributed by atoms with Crippen molar-refractivity contribution in [2.24, 2.45) is 7.05 Å². The molecule has 0 aliphatic carbocycles. The molecule has 1 heterocycles. The van der Waals surface area contributed by atoms with Crippen molar-refractivity contribution in [1.29, 1.82) is 0 Å². The Hall–Kier alpha value is -2.23. The Morgan fingerprint density at radius 3 is 2.60 bits per heavy atom. The number of nitrogens with one attached hydrogen (secondary N) is 2. The number of nitrogens with zero attached hydrogens (tertiary/aromatic N) is 2. The van der Waals surface area contributed by atoms with Crippen LogP contribution in [0.15, 0.2) is 41.6 Å². The van der Waals surface area contributed by atoms with Crippen LogP contribution in [0.2, 0.25) is 0 Å². The van der Waals surface area contributed by atoms with E-state index in [1.54, 1.807) is 31.2 Å². The van der Waals surface area contributed by atoms with Crippen molar-refractivity contribution in [1.82, 2.24) is 19.8 Å². The highest BCUT2D eigenvalue weighted by atomic mass is 32.2. The summed E-state index contributed by atoms with van der Waals surface area (Å²) in [5, 5.41) is 6.73. The Morgan fingerprint density at radius 1 is 1.28 bits per heavy atom. The Bertz CT molecular complexity index is 800. The van der Waals surface area contributed by atoms with Gasteiger partial charge in [-0.05, 0) is 30.7 Å². The highest BCUT2D eigenvalue weighted by molar-refractivity contribution is 7.89. The zero-order valence-corrected chi connectivity index (χ0v) is 15.0. The fourth-order valence-electron chi connectivity index (χ4n) is 2.13. The lowest BCUT2D eigenvalue weighted by Crippen LogP contribution is -2.26. The van der Waals surface area contributed by atoms with Crippen LogP contribution in [-0.2, 0) is 28.4 Å². The van der Waals surface area contributed by atoms with E-state index >= 15 is 0 Å². The topological polar surface area (TPSA) is 102 Å². The van der Waals surface area contributed by atoms with Gasteiger partial charge in [0.05, 0.1) is 11.1 Å². The number of aromatic nitrogens is 2. The molecule has 0 atom stereocenters. The normalized spacial score (nSPS) is 11.4. The van der Waals surface area contributed by atoms with Gasteiger partial charge in [-0.25, -0.2) is 13.1 Å². The van der Waals surface area contributed by atoms with Gasteiger partial charge in [0.1, 0.15) is 0 Å². The van der Waals surface area contributed by atoms with Crippen LogP contribution >= 0.6 is 0 Å². The number of carbonyl (C=O) groups excluding carboxylic acids is 1. The van der Waals surface area contributed by atoms with E-state index in [0.29, 0.717) is 25.1 Å². The van der Waals surface area contributed by atoms with Crippen LogP contribution in [0.5, 0.6) is 0 Å². The average Bonchev–Trinajstić information content (AvgIpc) is 3.02. The van der Waals surface area contributed by atoms with Gasteiger partial charge in [0.15, 0.2) is 0 Å². The monoisotopic (exact) mass is 366 g/mol. The van der Waals surface area contributed by atoms with Gasteiger partial charge in [-0.15, -0.1) is 0 Å². The molecule has 1 aromatic carbocycles. The first-order chi connectivity index (χ1) is 11.9. The van der Waals surface area contributed by atoms with Crippen LogP contribution in [0, 0.1) is 0 Å². The number of rotatable bonds is 9. The van der Waals surface area contributed by atoms with Crippen LogP contribution in [0.1, 0.15) is 22.3 Å². The second-order valence-electron chi connectivity index (χ2n) is 5.47. The maximum atomic E-state index is 12.3. The molecule has 0 spiro atoms. The van der Waals surface area contributed by atoms with E-state index in [2.05, 4.69) is 15.1 Å². The summed E-state index contributed by atoms with van der Waals surface area (Å²) in [4.78, 5) is 12.1. The van der Waals surface area contributed by atoms with Gasteiger partial charge in [-0.3, -0.25) is 9.48 Å². The Morgan fingerprint density at radius 2 is 2.00 bits per heavy atom.